The number of rotatable bonds is 6. The van der Waals surface area contributed by atoms with Crippen LogP contribution in [0.25, 0.3) is 0 Å². The standard InChI is InChI=1S/C16H22N4OS2/c17-16-19-13(11-23-16)5-6-15(21)18-12-3-1-7-20(9-12)10-14-4-2-8-22-14/h2,4,8,11-12H,1,3,5-7,9-10H2,(H2,17,19)(H,18,21). The van der Waals surface area contributed by atoms with Crippen molar-refractivity contribution in [2.75, 3.05) is 18.8 Å². The molecule has 0 bridgehead atoms. The van der Waals surface area contributed by atoms with Crippen molar-refractivity contribution in [3.63, 3.8) is 0 Å². The number of carbonyl (C=O) groups is 1. The Morgan fingerprint density at radius 2 is 2.39 bits per heavy atom. The third kappa shape index (κ3) is 5.02. The van der Waals surface area contributed by atoms with Crippen LogP contribution in [0.4, 0.5) is 5.13 Å². The molecule has 2 aromatic rings. The van der Waals surface area contributed by atoms with Gasteiger partial charge in [0.05, 0.1) is 5.69 Å². The molecule has 1 fully saturated rings. The van der Waals surface area contributed by atoms with Crippen LogP contribution in [0.3, 0.4) is 0 Å². The quantitative estimate of drug-likeness (QED) is 0.840. The van der Waals surface area contributed by atoms with Crippen LogP contribution in [0.1, 0.15) is 29.8 Å². The van der Waals surface area contributed by atoms with Crippen molar-refractivity contribution < 1.29 is 4.79 Å². The number of nitrogen functional groups attached to an aromatic ring is 1. The number of amides is 1. The van der Waals surface area contributed by atoms with E-state index in [2.05, 4.69) is 32.7 Å². The fraction of sp³-hybridized carbons (Fsp3) is 0.500. The summed E-state index contributed by atoms with van der Waals surface area (Å²) in [5.41, 5.74) is 6.52. The molecule has 3 rings (SSSR count). The number of hydrogen-bond acceptors (Lipinski definition) is 6. The topological polar surface area (TPSA) is 71.2 Å². The van der Waals surface area contributed by atoms with E-state index >= 15 is 0 Å². The van der Waals surface area contributed by atoms with Crippen molar-refractivity contribution in [2.24, 2.45) is 0 Å². The maximum absolute atomic E-state index is 12.1. The van der Waals surface area contributed by atoms with Gasteiger partial charge in [-0.15, -0.1) is 22.7 Å². The smallest absolute Gasteiger partial charge is 0.220 e. The fourth-order valence-electron chi connectivity index (χ4n) is 2.92. The van der Waals surface area contributed by atoms with Gasteiger partial charge >= 0.3 is 0 Å². The van der Waals surface area contributed by atoms with Crippen molar-refractivity contribution >= 4 is 33.7 Å². The lowest BCUT2D eigenvalue weighted by Gasteiger charge is -2.32. The minimum atomic E-state index is 0.111. The Morgan fingerprint density at radius 1 is 1.48 bits per heavy atom. The Hall–Kier alpha value is -1.44. The number of nitrogens with two attached hydrogens (primary N) is 1. The molecule has 0 radical (unpaired) electrons. The second-order valence-electron chi connectivity index (χ2n) is 5.90. The lowest BCUT2D eigenvalue weighted by molar-refractivity contribution is -0.122. The number of carbonyl (C=O) groups excluding carboxylic acids is 1. The first-order valence-corrected chi connectivity index (χ1v) is 9.69. The Labute approximate surface area is 144 Å². The Balaban J connectivity index is 1.42. The van der Waals surface area contributed by atoms with Crippen molar-refractivity contribution in [2.45, 2.75) is 38.3 Å². The highest BCUT2D eigenvalue weighted by Gasteiger charge is 2.21. The number of likely N-dealkylation sites (tertiary alicyclic amines) is 1. The molecule has 7 heteroatoms. The number of thiophene rings is 1. The normalized spacial score (nSPS) is 18.9. The average Bonchev–Trinajstić information content (AvgIpc) is 3.17. The number of aromatic nitrogens is 1. The summed E-state index contributed by atoms with van der Waals surface area (Å²) in [6, 6.07) is 4.53. The van der Waals surface area contributed by atoms with E-state index in [1.165, 1.54) is 16.2 Å². The molecule has 3 N–H and O–H groups in total. The molecule has 3 heterocycles. The van der Waals surface area contributed by atoms with Crippen LogP contribution in [0.5, 0.6) is 0 Å². The number of piperidine rings is 1. The summed E-state index contributed by atoms with van der Waals surface area (Å²) in [6.07, 6.45) is 3.34. The number of nitrogens with one attached hydrogen (secondary N) is 1. The monoisotopic (exact) mass is 350 g/mol. The summed E-state index contributed by atoms with van der Waals surface area (Å²) >= 11 is 3.22. The molecule has 2 aromatic heterocycles. The van der Waals surface area contributed by atoms with Crippen LogP contribution in [-0.2, 0) is 17.8 Å². The van der Waals surface area contributed by atoms with Crippen LogP contribution >= 0.6 is 22.7 Å². The summed E-state index contributed by atoms with van der Waals surface area (Å²) in [4.78, 5) is 20.1. The maximum atomic E-state index is 12.1. The molecule has 5 nitrogen and oxygen atoms in total. The number of hydrogen-bond donors (Lipinski definition) is 2. The number of anilines is 1. The molecule has 23 heavy (non-hydrogen) atoms. The minimum Gasteiger partial charge on any atom is -0.375 e. The molecule has 1 aliphatic rings. The zero-order chi connectivity index (χ0) is 16.1. The third-order valence-electron chi connectivity index (χ3n) is 4.01. The molecule has 1 unspecified atom stereocenters. The van der Waals surface area contributed by atoms with E-state index in [0.29, 0.717) is 18.0 Å². The van der Waals surface area contributed by atoms with E-state index in [0.717, 1.165) is 38.2 Å². The van der Waals surface area contributed by atoms with Gasteiger partial charge in [0, 0.05) is 35.8 Å². The number of thiazole rings is 1. The van der Waals surface area contributed by atoms with E-state index in [9.17, 15) is 4.79 Å². The predicted molar refractivity (Wildman–Crippen MR) is 95.6 cm³/mol. The van der Waals surface area contributed by atoms with Crippen molar-refractivity contribution in [1.82, 2.24) is 15.2 Å². The van der Waals surface area contributed by atoms with Crippen LogP contribution in [0.2, 0.25) is 0 Å². The average molecular weight is 351 g/mol. The van der Waals surface area contributed by atoms with Crippen LogP contribution in [-0.4, -0.2) is 34.9 Å². The molecule has 124 valence electrons. The van der Waals surface area contributed by atoms with E-state index in [-0.39, 0.29) is 11.9 Å². The first-order valence-electron chi connectivity index (χ1n) is 7.93. The summed E-state index contributed by atoms with van der Waals surface area (Å²) in [5, 5.41) is 7.78. The van der Waals surface area contributed by atoms with Gasteiger partial charge in [0.1, 0.15) is 0 Å². The van der Waals surface area contributed by atoms with Crippen molar-refractivity contribution in [3.8, 4) is 0 Å². The largest absolute Gasteiger partial charge is 0.375 e. The fourth-order valence-corrected chi connectivity index (χ4v) is 4.26. The maximum Gasteiger partial charge on any atom is 0.220 e. The zero-order valence-corrected chi connectivity index (χ0v) is 14.7. The van der Waals surface area contributed by atoms with Gasteiger partial charge in [-0.3, -0.25) is 9.69 Å². The molecule has 1 aliphatic heterocycles. The molecular formula is C16H22N4OS2. The van der Waals surface area contributed by atoms with E-state index < -0.39 is 0 Å². The third-order valence-corrected chi connectivity index (χ3v) is 5.59. The number of nitrogens with zero attached hydrogens (tertiary/aromatic N) is 2. The summed E-state index contributed by atoms with van der Waals surface area (Å²) in [7, 11) is 0. The highest BCUT2D eigenvalue weighted by atomic mass is 32.1. The van der Waals surface area contributed by atoms with Gasteiger partial charge in [0.2, 0.25) is 5.91 Å². The van der Waals surface area contributed by atoms with Crippen LogP contribution < -0.4 is 11.1 Å². The first-order chi connectivity index (χ1) is 11.2. The SMILES string of the molecule is Nc1nc(CCC(=O)NC2CCCN(Cc3cccs3)C2)cs1. The number of aryl methyl sites for hydroxylation is 1. The van der Waals surface area contributed by atoms with Crippen LogP contribution in [0.15, 0.2) is 22.9 Å². The van der Waals surface area contributed by atoms with Crippen molar-refractivity contribution in [1.29, 1.82) is 0 Å². The van der Waals surface area contributed by atoms with Gasteiger partial charge in [-0.1, -0.05) is 6.07 Å². The van der Waals surface area contributed by atoms with Gasteiger partial charge in [-0.2, -0.15) is 0 Å². The van der Waals surface area contributed by atoms with E-state index in [1.54, 1.807) is 11.3 Å². The highest BCUT2D eigenvalue weighted by Crippen LogP contribution is 2.17. The molecule has 1 amide bonds. The Bertz CT molecular complexity index is 626. The van der Waals surface area contributed by atoms with Gasteiger partial charge in [-0.25, -0.2) is 4.98 Å². The molecule has 0 spiro atoms. The van der Waals surface area contributed by atoms with Gasteiger partial charge < -0.3 is 11.1 Å². The predicted octanol–water partition coefficient (Wildman–Crippen LogP) is 2.50. The summed E-state index contributed by atoms with van der Waals surface area (Å²) in [6.45, 7) is 3.04. The van der Waals surface area contributed by atoms with Gasteiger partial charge in [-0.05, 0) is 37.3 Å². The van der Waals surface area contributed by atoms with E-state index in [1.807, 2.05) is 5.38 Å². The summed E-state index contributed by atoms with van der Waals surface area (Å²) in [5.74, 6) is 0.111. The zero-order valence-electron chi connectivity index (χ0n) is 13.0. The molecule has 0 aromatic carbocycles. The molecular weight excluding hydrogens is 328 g/mol. The summed E-state index contributed by atoms with van der Waals surface area (Å²) < 4.78 is 0. The lowest BCUT2D eigenvalue weighted by Crippen LogP contribution is -2.47. The Morgan fingerprint density at radius 3 is 3.13 bits per heavy atom. The first kappa shape index (κ1) is 16.4. The molecule has 0 aliphatic carbocycles. The molecule has 1 saturated heterocycles. The van der Waals surface area contributed by atoms with Crippen LogP contribution in [0, 0.1) is 0 Å². The molecule has 0 saturated carbocycles. The molecule has 1 atom stereocenters. The minimum absolute atomic E-state index is 0.111. The van der Waals surface area contributed by atoms with E-state index in [4.69, 9.17) is 5.73 Å². The highest BCUT2D eigenvalue weighted by molar-refractivity contribution is 7.13. The Kier molecular flexibility index (Phi) is 5.64. The lowest BCUT2D eigenvalue weighted by atomic mass is 10.1. The second-order valence-corrected chi connectivity index (χ2v) is 7.82. The van der Waals surface area contributed by atoms with Crippen molar-refractivity contribution in [3.05, 3.63) is 33.5 Å². The van der Waals surface area contributed by atoms with Gasteiger partial charge in [0.25, 0.3) is 0 Å². The van der Waals surface area contributed by atoms with Gasteiger partial charge in [0.15, 0.2) is 5.13 Å². The second kappa shape index (κ2) is 7.90.